The Labute approximate surface area is 65.8 Å². The zero-order chi connectivity index (χ0) is 8.10. The van der Waals surface area contributed by atoms with Crippen LogP contribution in [0, 0.1) is 0 Å². The van der Waals surface area contributed by atoms with Crippen LogP contribution in [0.25, 0.3) is 0 Å². The van der Waals surface area contributed by atoms with Gasteiger partial charge in [-0.2, -0.15) is 0 Å². The molecule has 1 rings (SSSR count). The number of carbonyl (C=O) groups excluding carboxylic acids is 1. The molecule has 1 aromatic heterocycles. The largest absolute Gasteiger partial charge is 0.367 e. The van der Waals surface area contributed by atoms with E-state index in [0.29, 0.717) is 5.56 Å². The summed E-state index contributed by atoms with van der Waals surface area (Å²) in [5, 5.41) is 2.78. The van der Waals surface area contributed by atoms with E-state index in [0.717, 1.165) is 13.0 Å². The highest BCUT2D eigenvalue weighted by Gasteiger charge is 2.02. The van der Waals surface area contributed by atoms with Crippen molar-refractivity contribution in [2.45, 2.75) is 13.3 Å². The average Bonchev–Trinajstić information content (AvgIpc) is 2.52. The standard InChI is InChI=1S/C8H12N2O/c1-2-4-10-8(11)7-3-5-9-6-7/h3,5-6,9H,2,4H2,1H3,(H,10,11). The number of rotatable bonds is 3. The van der Waals surface area contributed by atoms with Gasteiger partial charge in [-0.3, -0.25) is 4.79 Å². The molecule has 0 saturated carbocycles. The molecule has 1 amide bonds. The van der Waals surface area contributed by atoms with Crippen molar-refractivity contribution in [3.8, 4) is 0 Å². The van der Waals surface area contributed by atoms with Gasteiger partial charge in [0.2, 0.25) is 0 Å². The third-order valence-electron chi connectivity index (χ3n) is 1.40. The molecular formula is C8H12N2O. The maximum atomic E-state index is 11.1. The van der Waals surface area contributed by atoms with E-state index in [1.807, 2.05) is 6.92 Å². The molecule has 11 heavy (non-hydrogen) atoms. The molecule has 0 spiro atoms. The molecule has 3 nitrogen and oxygen atoms in total. The Bertz CT molecular complexity index is 216. The van der Waals surface area contributed by atoms with Crippen molar-refractivity contribution < 1.29 is 4.79 Å². The van der Waals surface area contributed by atoms with Gasteiger partial charge in [0.1, 0.15) is 0 Å². The topological polar surface area (TPSA) is 44.9 Å². The minimum Gasteiger partial charge on any atom is -0.367 e. The monoisotopic (exact) mass is 152 g/mol. The zero-order valence-electron chi connectivity index (χ0n) is 6.55. The molecule has 0 aliphatic carbocycles. The molecule has 1 heterocycles. The highest BCUT2D eigenvalue weighted by molar-refractivity contribution is 5.93. The fourth-order valence-corrected chi connectivity index (χ4v) is 0.806. The van der Waals surface area contributed by atoms with E-state index in [9.17, 15) is 4.79 Å². The number of aromatic nitrogens is 1. The van der Waals surface area contributed by atoms with Crippen molar-refractivity contribution in [2.24, 2.45) is 0 Å². The lowest BCUT2D eigenvalue weighted by Gasteiger charge is -1.98. The summed E-state index contributed by atoms with van der Waals surface area (Å²) in [6.45, 7) is 2.77. The minimum atomic E-state index is -0.00639. The van der Waals surface area contributed by atoms with Crippen LogP contribution in [0.15, 0.2) is 18.5 Å². The molecule has 0 aliphatic heterocycles. The van der Waals surface area contributed by atoms with Crippen molar-refractivity contribution in [3.63, 3.8) is 0 Å². The smallest absolute Gasteiger partial charge is 0.252 e. The Hall–Kier alpha value is -1.25. The van der Waals surface area contributed by atoms with Gasteiger partial charge >= 0.3 is 0 Å². The van der Waals surface area contributed by atoms with Crippen molar-refractivity contribution in [1.29, 1.82) is 0 Å². The lowest BCUT2D eigenvalue weighted by Crippen LogP contribution is -2.23. The molecule has 1 aromatic rings. The first kappa shape index (κ1) is 7.85. The summed E-state index contributed by atoms with van der Waals surface area (Å²) in [5.41, 5.74) is 0.693. The molecule has 0 atom stereocenters. The fourth-order valence-electron chi connectivity index (χ4n) is 0.806. The molecule has 2 N–H and O–H groups in total. The number of nitrogens with one attached hydrogen (secondary N) is 2. The second-order valence-corrected chi connectivity index (χ2v) is 2.36. The summed E-state index contributed by atoms with van der Waals surface area (Å²) in [6, 6.07) is 1.75. The van der Waals surface area contributed by atoms with Gasteiger partial charge in [-0.25, -0.2) is 0 Å². The van der Waals surface area contributed by atoms with Crippen molar-refractivity contribution in [1.82, 2.24) is 10.3 Å². The van der Waals surface area contributed by atoms with E-state index in [2.05, 4.69) is 10.3 Å². The normalized spacial score (nSPS) is 9.55. The molecule has 0 fully saturated rings. The number of hydrogen-bond acceptors (Lipinski definition) is 1. The average molecular weight is 152 g/mol. The van der Waals surface area contributed by atoms with Crippen LogP contribution >= 0.6 is 0 Å². The van der Waals surface area contributed by atoms with Gasteiger partial charge in [-0.1, -0.05) is 6.92 Å². The Kier molecular flexibility index (Phi) is 2.72. The van der Waals surface area contributed by atoms with Gasteiger partial charge in [0.25, 0.3) is 5.91 Å². The maximum Gasteiger partial charge on any atom is 0.252 e. The Morgan fingerprint density at radius 3 is 3.09 bits per heavy atom. The summed E-state index contributed by atoms with van der Waals surface area (Å²) < 4.78 is 0. The summed E-state index contributed by atoms with van der Waals surface area (Å²) in [6.07, 6.45) is 4.39. The van der Waals surface area contributed by atoms with Crippen molar-refractivity contribution >= 4 is 5.91 Å². The van der Waals surface area contributed by atoms with E-state index < -0.39 is 0 Å². The zero-order valence-corrected chi connectivity index (χ0v) is 6.55. The van der Waals surface area contributed by atoms with Gasteiger partial charge in [-0.05, 0) is 12.5 Å². The Morgan fingerprint density at radius 2 is 2.55 bits per heavy atom. The molecule has 60 valence electrons. The lowest BCUT2D eigenvalue weighted by atomic mass is 10.3. The van der Waals surface area contributed by atoms with Gasteiger partial charge in [0.15, 0.2) is 0 Å². The lowest BCUT2D eigenvalue weighted by molar-refractivity contribution is 0.0954. The summed E-state index contributed by atoms with van der Waals surface area (Å²) in [7, 11) is 0. The molecule has 0 aliphatic rings. The first-order valence-electron chi connectivity index (χ1n) is 3.75. The van der Waals surface area contributed by atoms with E-state index in [1.54, 1.807) is 18.5 Å². The first-order valence-corrected chi connectivity index (χ1v) is 3.75. The van der Waals surface area contributed by atoms with E-state index in [-0.39, 0.29) is 5.91 Å². The van der Waals surface area contributed by atoms with Crippen LogP contribution in [0.3, 0.4) is 0 Å². The SMILES string of the molecule is CCCNC(=O)c1cc[nH]c1. The third kappa shape index (κ3) is 2.11. The number of hydrogen-bond donors (Lipinski definition) is 2. The Balaban J connectivity index is 2.43. The number of amides is 1. The van der Waals surface area contributed by atoms with Crippen molar-refractivity contribution in [2.75, 3.05) is 6.54 Å². The fraction of sp³-hybridized carbons (Fsp3) is 0.375. The van der Waals surface area contributed by atoms with Crippen LogP contribution in [0.1, 0.15) is 23.7 Å². The van der Waals surface area contributed by atoms with Crippen LogP contribution in [-0.2, 0) is 0 Å². The second kappa shape index (κ2) is 3.81. The highest BCUT2D eigenvalue weighted by Crippen LogP contribution is 1.94. The molecule has 3 heteroatoms. The van der Waals surface area contributed by atoms with Gasteiger partial charge in [-0.15, -0.1) is 0 Å². The minimum absolute atomic E-state index is 0.00639. The molecule has 0 bridgehead atoms. The van der Waals surface area contributed by atoms with Crippen molar-refractivity contribution in [3.05, 3.63) is 24.0 Å². The summed E-state index contributed by atoms with van der Waals surface area (Å²) in [5.74, 6) is -0.00639. The quantitative estimate of drug-likeness (QED) is 0.670. The van der Waals surface area contributed by atoms with Gasteiger partial charge in [0.05, 0.1) is 5.56 Å². The number of H-pyrrole nitrogens is 1. The third-order valence-corrected chi connectivity index (χ3v) is 1.40. The van der Waals surface area contributed by atoms with Crippen LogP contribution in [-0.4, -0.2) is 17.4 Å². The van der Waals surface area contributed by atoms with Gasteiger partial charge in [0, 0.05) is 18.9 Å². The number of aromatic amines is 1. The van der Waals surface area contributed by atoms with Crippen LogP contribution < -0.4 is 5.32 Å². The molecule has 0 saturated heterocycles. The van der Waals surface area contributed by atoms with Crippen LogP contribution in [0.4, 0.5) is 0 Å². The predicted octanol–water partition coefficient (Wildman–Crippen LogP) is 1.15. The Morgan fingerprint density at radius 1 is 1.73 bits per heavy atom. The highest BCUT2D eigenvalue weighted by atomic mass is 16.1. The van der Waals surface area contributed by atoms with Crippen LogP contribution in [0.2, 0.25) is 0 Å². The van der Waals surface area contributed by atoms with Crippen LogP contribution in [0.5, 0.6) is 0 Å². The molecule has 0 unspecified atom stereocenters. The summed E-state index contributed by atoms with van der Waals surface area (Å²) >= 11 is 0. The summed E-state index contributed by atoms with van der Waals surface area (Å²) in [4.78, 5) is 14.0. The molecule has 0 radical (unpaired) electrons. The van der Waals surface area contributed by atoms with E-state index in [4.69, 9.17) is 0 Å². The second-order valence-electron chi connectivity index (χ2n) is 2.36. The van der Waals surface area contributed by atoms with E-state index in [1.165, 1.54) is 0 Å². The first-order chi connectivity index (χ1) is 5.34. The van der Waals surface area contributed by atoms with E-state index >= 15 is 0 Å². The maximum absolute atomic E-state index is 11.1. The molecular weight excluding hydrogens is 140 g/mol. The number of carbonyl (C=O) groups is 1. The predicted molar refractivity (Wildman–Crippen MR) is 43.4 cm³/mol. The van der Waals surface area contributed by atoms with Gasteiger partial charge < -0.3 is 10.3 Å². The molecule has 0 aromatic carbocycles.